The van der Waals surface area contributed by atoms with Crippen molar-refractivity contribution in [3.63, 3.8) is 0 Å². The maximum Gasteiger partial charge on any atom is 0.249 e. The average molecular weight is 145 g/mol. The van der Waals surface area contributed by atoms with E-state index in [0.29, 0.717) is 12.8 Å². The molecule has 0 amide bonds. The average Bonchev–Trinajstić information content (AvgIpc) is 1.86. The monoisotopic (exact) mass is 145 g/mol. The Bertz CT molecular complexity index is 159. The predicted molar refractivity (Wildman–Crippen MR) is 32.5 cm³/mol. The molecule has 0 N–H and O–H groups in total. The van der Waals surface area contributed by atoms with Gasteiger partial charge in [0.2, 0.25) is 5.92 Å². The van der Waals surface area contributed by atoms with E-state index < -0.39 is 11.8 Å². The number of alkyl halides is 2. The van der Waals surface area contributed by atoms with Gasteiger partial charge in [0, 0.05) is 12.8 Å². The maximum absolute atomic E-state index is 12.5. The van der Waals surface area contributed by atoms with E-state index >= 15 is 0 Å². The van der Waals surface area contributed by atoms with Crippen molar-refractivity contribution in [2.75, 3.05) is 0 Å². The lowest BCUT2D eigenvalue weighted by Crippen LogP contribution is -2.25. The molecule has 0 saturated heterocycles. The largest absolute Gasteiger partial charge is 0.249 e. The second-order valence-corrected chi connectivity index (χ2v) is 2.78. The molecule has 1 rings (SSSR count). The van der Waals surface area contributed by atoms with Gasteiger partial charge in [-0.25, -0.2) is 8.78 Å². The topological polar surface area (TPSA) is 23.8 Å². The van der Waals surface area contributed by atoms with Crippen LogP contribution < -0.4 is 0 Å². The van der Waals surface area contributed by atoms with Gasteiger partial charge in [-0.3, -0.25) is 0 Å². The lowest BCUT2D eigenvalue weighted by molar-refractivity contribution is -0.0443. The van der Waals surface area contributed by atoms with Crippen LogP contribution in [-0.4, -0.2) is 5.92 Å². The van der Waals surface area contributed by atoms with Gasteiger partial charge in [0.15, 0.2) is 0 Å². The molecule has 56 valence electrons. The zero-order chi connectivity index (χ0) is 7.61. The molecule has 1 aliphatic carbocycles. The van der Waals surface area contributed by atoms with Gasteiger partial charge < -0.3 is 0 Å². The van der Waals surface area contributed by atoms with Gasteiger partial charge in [-0.15, -0.1) is 0 Å². The molecule has 1 unspecified atom stereocenters. The van der Waals surface area contributed by atoms with Crippen LogP contribution in [0.1, 0.15) is 25.7 Å². The molecule has 1 fully saturated rings. The molecule has 0 spiro atoms. The van der Waals surface area contributed by atoms with Gasteiger partial charge >= 0.3 is 0 Å². The van der Waals surface area contributed by atoms with Crippen molar-refractivity contribution in [1.82, 2.24) is 0 Å². The smallest absolute Gasteiger partial charge is 0.207 e. The summed E-state index contributed by atoms with van der Waals surface area (Å²) < 4.78 is 25.0. The molecule has 1 aliphatic rings. The number of halogens is 2. The fourth-order valence-corrected chi connectivity index (χ4v) is 1.28. The molecule has 1 atom stereocenters. The van der Waals surface area contributed by atoms with E-state index in [-0.39, 0.29) is 12.8 Å². The van der Waals surface area contributed by atoms with E-state index in [1.807, 2.05) is 6.07 Å². The molecule has 10 heavy (non-hydrogen) atoms. The standard InChI is InChI=1S/C7H9F2N/c8-7(9)3-1-2-6(4-7)5-10/h6H,1-4H2. The first-order valence-electron chi connectivity index (χ1n) is 3.41. The fraction of sp³-hybridized carbons (Fsp3) is 0.857. The predicted octanol–water partition coefficient (Wildman–Crippen LogP) is 2.34. The maximum atomic E-state index is 12.5. The van der Waals surface area contributed by atoms with Gasteiger partial charge in [-0.2, -0.15) is 5.26 Å². The molecule has 0 bridgehead atoms. The summed E-state index contributed by atoms with van der Waals surface area (Å²) in [6, 6.07) is 1.88. The minimum Gasteiger partial charge on any atom is -0.207 e. The van der Waals surface area contributed by atoms with Crippen molar-refractivity contribution in [1.29, 1.82) is 5.26 Å². The third-order valence-electron chi connectivity index (χ3n) is 1.82. The number of hydrogen-bond acceptors (Lipinski definition) is 1. The Morgan fingerprint density at radius 2 is 2.20 bits per heavy atom. The van der Waals surface area contributed by atoms with Crippen LogP contribution >= 0.6 is 0 Å². The first-order chi connectivity index (χ1) is 4.64. The van der Waals surface area contributed by atoms with E-state index in [2.05, 4.69) is 0 Å². The fourth-order valence-electron chi connectivity index (χ4n) is 1.28. The number of rotatable bonds is 0. The summed E-state index contributed by atoms with van der Waals surface area (Å²) in [4.78, 5) is 0. The molecule has 3 heteroatoms. The number of nitrogens with zero attached hydrogens (tertiary/aromatic N) is 1. The minimum atomic E-state index is -2.57. The van der Waals surface area contributed by atoms with E-state index in [1.54, 1.807) is 0 Å². The lowest BCUT2D eigenvalue weighted by Gasteiger charge is -2.24. The lowest BCUT2D eigenvalue weighted by atomic mass is 9.88. The normalized spacial score (nSPS) is 31.1. The van der Waals surface area contributed by atoms with Gasteiger partial charge in [-0.1, -0.05) is 0 Å². The number of nitriles is 1. The van der Waals surface area contributed by atoms with Crippen molar-refractivity contribution in [3.05, 3.63) is 0 Å². The Hall–Kier alpha value is -0.650. The molecule has 0 heterocycles. The van der Waals surface area contributed by atoms with Crippen LogP contribution in [0.2, 0.25) is 0 Å². The highest BCUT2D eigenvalue weighted by molar-refractivity contribution is 4.90. The zero-order valence-electron chi connectivity index (χ0n) is 5.61. The van der Waals surface area contributed by atoms with Crippen LogP contribution in [0.3, 0.4) is 0 Å². The Morgan fingerprint density at radius 1 is 1.50 bits per heavy atom. The van der Waals surface area contributed by atoms with Crippen LogP contribution in [-0.2, 0) is 0 Å². The summed E-state index contributed by atoms with van der Waals surface area (Å²) in [6.45, 7) is 0. The molecular weight excluding hydrogens is 136 g/mol. The van der Waals surface area contributed by atoms with Crippen molar-refractivity contribution in [2.24, 2.45) is 5.92 Å². The highest BCUT2D eigenvalue weighted by atomic mass is 19.3. The van der Waals surface area contributed by atoms with Gasteiger partial charge in [-0.05, 0) is 12.8 Å². The van der Waals surface area contributed by atoms with E-state index in [0.717, 1.165) is 0 Å². The molecular formula is C7H9F2N. The Balaban J connectivity index is 2.49. The summed E-state index contributed by atoms with van der Waals surface area (Å²) in [5.74, 6) is -2.98. The van der Waals surface area contributed by atoms with Gasteiger partial charge in [0.1, 0.15) is 0 Å². The van der Waals surface area contributed by atoms with Gasteiger partial charge in [0.05, 0.1) is 12.0 Å². The van der Waals surface area contributed by atoms with Crippen LogP contribution in [0, 0.1) is 17.2 Å². The quantitative estimate of drug-likeness (QED) is 0.513. The van der Waals surface area contributed by atoms with E-state index in [1.165, 1.54) is 0 Å². The van der Waals surface area contributed by atoms with Crippen molar-refractivity contribution in [2.45, 2.75) is 31.6 Å². The molecule has 0 aromatic heterocycles. The SMILES string of the molecule is N#CC1CCCC(F)(F)C1. The highest BCUT2D eigenvalue weighted by Gasteiger charge is 2.35. The molecule has 0 aliphatic heterocycles. The summed E-state index contributed by atoms with van der Waals surface area (Å²) in [5, 5.41) is 8.34. The van der Waals surface area contributed by atoms with Crippen molar-refractivity contribution in [3.8, 4) is 6.07 Å². The second-order valence-electron chi connectivity index (χ2n) is 2.78. The van der Waals surface area contributed by atoms with Crippen LogP contribution in [0.5, 0.6) is 0 Å². The second kappa shape index (κ2) is 2.53. The molecule has 0 aromatic carbocycles. The Kier molecular flexibility index (Phi) is 1.89. The van der Waals surface area contributed by atoms with Gasteiger partial charge in [0.25, 0.3) is 0 Å². The summed E-state index contributed by atoms with van der Waals surface area (Å²) in [7, 11) is 0. The molecule has 0 aromatic rings. The molecule has 1 nitrogen and oxygen atoms in total. The molecule has 0 radical (unpaired) electrons. The zero-order valence-corrected chi connectivity index (χ0v) is 5.61. The summed E-state index contributed by atoms with van der Waals surface area (Å²) in [6.07, 6.45) is 0.867. The number of hydrogen-bond donors (Lipinski definition) is 0. The first-order valence-corrected chi connectivity index (χ1v) is 3.41. The summed E-state index contributed by atoms with van der Waals surface area (Å²) >= 11 is 0. The van der Waals surface area contributed by atoms with Crippen molar-refractivity contribution < 1.29 is 8.78 Å². The van der Waals surface area contributed by atoms with Crippen molar-refractivity contribution >= 4 is 0 Å². The first kappa shape index (κ1) is 7.46. The highest BCUT2D eigenvalue weighted by Crippen LogP contribution is 2.35. The van der Waals surface area contributed by atoms with Crippen LogP contribution in [0.15, 0.2) is 0 Å². The minimum absolute atomic E-state index is 0.0365. The third-order valence-corrected chi connectivity index (χ3v) is 1.82. The van der Waals surface area contributed by atoms with E-state index in [9.17, 15) is 8.78 Å². The van der Waals surface area contributed by atoms with E-state index in [4.69, 9.17) is 5.26 Å². The Morgan fingerprint density at radius 3 is 2.60 bits per heavy atom. The summed E-state index contributed by atoms with van der Waals surface area (Å²) in [5.41, 5.74) is 0. The third kappa shape index (κ3) is 1.66. The van der Waals surface area contributed by atoms with Crippen LogP contribution in [0.25, 0.3) is 0 Å². The molecule has 1 saturated carbocycles. The van der Waals surface area contributed by atoms with Crippen LogP contribution in [0.4, 0.5) is 8.78 Å². The Labute approximate surface area is 58.6 Å².